The highest BCUT2D eigenvalue weighted by atomic mass is 19.1. The van der Waals surface area contributed by atoms with Gasteiger partial charge in [-0.05, 0) is 12.5 Å². The molecule has 1 aromatic carbocycles. The summed E-state index contributed by atoms with van der Waals surface area (Å²) in [4.78, 5) is 18.0. The van der Waals surface area contributed by atoms with Crippen LogP contribution in [-0.2, 0) is 6.42 Å². The van der Waals surface area contributed by atoms with E-state index in [0.29, 0.717) is 43.5 Å². The third kappa shape index (κ3) is 3.04. The Morgan fingerprint density at radius 2 is 2.36 bits per heavy atom. The van der Waals surface area contributed by atoms with Gasteiger partial charge in [-0.2, -0.15) is 4.98 Å². The van der Waals surface area contributed by atoms with E-state index in [2.05, 4.69) is 15.5 Å². The lowest BCUT2D eigenvalue weighted by Gasteiger charge is -2.19. The molecule has 2 aromatic rings. The van der Waals surface area contributed by atoms with Crippen LogP contribution in [-0.4, -0.2) is 46.9 Å². The van der Waals surface area contributed by atoms with Crippen LogP contribution in [0, 0.1) is 0 Å². The predicted octanol–water partition coefficient (Wildman–Crippen LogP) is 2.49. The number of amides is 2. The fraction of sp³-hybridized carbons (Fsp3) is 0.471. The van der Waals surface area contributed by atoms with E-state index in [-0.39, 0.29) is 18.6 Å². The van der Waals surface area contributed by atoms with Crippen molar-refractivity contribution in [1.29, 1.82) is 0 Å². The van der Waals surface area contributed by atoms with Crippen molar-refractivity contribution in [1.82, 2.24) is 20.4 Å². The van der Waals surface area contributed by atoms with Crippen LogP contribution in [0.25, 0.3) is 11.4 Å². The number of carbonyl (C=O) groups is 1. The van der Waals surface area contributed by atoms with Crippen molar-refractivity contribution < 1.29 is 18.4 Å². The van der Waals surface area contributed by atoms with Gasteiger partial charge in [-0.1, -0.05) is 24.2 Å². The number of likely N-dealkylation sites (tertiary alicyclic amines) is 1. The smallest absolute Gasteiger partial charge is 0.318 e. The molecule has 3 heterocycles. The number of nitrogens with zero attached hydrogens (tertiary/aromatic N) is 3. The molecule has 1 aromatic heterocycles. The van der Waals surface area contributed by atoms with Crippen molar-refractivity contribution in [3.63, 3.8) is 0 Å². The number of ether oxygens (including phenoxy) is 1. The molecule has 1 N–H and O–H groups in total. The number of hydrogen-bond donors (Lipinski definition) is 1. The van der Waals surface area contributed by atoms with Crippen LogP contribution in [0.4, 0.5) is 9.18 Å². The number of rotatable bonds is 3. The summed E-state index contributed by atoms with van der Waals surface area (Å²) in [5, 5.41) is 6.87. The molecule has 1 fully saturated rings. The fourth-order valence-electron chi connectivity index (χ4n) is 3.13. The SMILES string of the molecule is CCc1nc(-c2ccc3c(c2)OC[C@H]3NC(=O)N2CC[C@H](F)C2)no1. The van der Waals surface area contributed by atoms with E-state index in [0.717, 1.165) is 11.1 Å². The number of carbonyl (C=O) groups excluding carboxylic acids is 1. The van der Waals surface area contributed by atoms with Crippen molar-refractivity contribution in [2.75, 3.05) is 19.7 Å². The van der Waals surface area contributed by atoms with Crippen LogP contribution < -0.4 is 10.1 Å². The van der Waals surface area contributed by atoms with Crippen LogP contribution in [0.5, 0.6) is 5.75 Å². The van der Waals surface area contributed by atoms with E-state index in [1.807, 2.05) is 25.1 Å². The number of benzene rings is 1. The summed E-state index contributed by atoms with van der Waals surface area (Å²) in [6, 6.07) is 5.12. The summed E-state index contributed by atoms with van der Waals surface area (Å²) in [6.45, 7) is 2.90. The van der Waals surface area contributed by atoms with E-state index in [1.54, 1.807) is 0 Å². The Kier molecular flexibility index (Phi) is 4.03. The number of alkyl halides is 1. The first-order valence-corrected chi connectivity index (χ1v) is 8.43. The van der Waals surface area contributed by atoms with Gasteiger partial charge in [0.25, 0.3) is 0 Å². The number of halogens is 1. The summed E-state index contributed by atoms with van der Waals surface area (Å²) in [5.74, 6) is 1.79. The Morgan fingerprint density at radius 3 is 3.08 bits per heavy atom. The first-order chi connectivity index (χ1) is 12.1. The zero-order valence-corrected chi connectivity index (χ0v) is 13.9. The van der Waals surface area contributed by atoms with E-state index in [4.69, 9.17) is 9.26 Å². The van der Waals surface area contributed by atoms with Crippen LogP contribution in [0.15, 0.2) is 22.7 Å². The summed E-state index contributed by atoms with van der Waals surface area (Å²) < 4.78 is 24.1. The number of nitrogens with one attached hydrogen (secondary N) is 1. The second-order valence-electron chi connectivity index (χ2n) is 6.26. The Labute approximate surface area is 144 Å². The summed E-state index contributed by atoms with van der Waals surface area (Å²) >= 11 is 0. The second kappa shape index (κ2) is 6.34. The number of urea groups is 1. The molecule has 0 radical (unpaired) electrons. The van der Waals surface area contributed by atoms with Gasteiger partial charge in [-0.25, -0.2) is 9.18 Å². The van der Waals surface area contributed by atoms with Gasteiger partial charge >= 0.3 is 6.03 Å². The quantitative estimate of drug-likeness (QED) is 0.923. The van der Waals surface area contributed by atoms with Crippen molar-refractivity contribution in [3.8, 4) is 17.1 Å². The number of hydrogen-bond acceptors (Lipinski definition) is 5. The highest BCUT2D eigenvalue weighted by Gasteiger charge is 2.31. The Balaban J connectivity index is 1.48. The average molecular weight is 346 g/mol. The molecule has 0 saturated carbocycles. The van der Waals surface area contributed by atoms with Crippen LogP contribution in [0.2, 0.25) is 0 Å². The second-order valence-corrected chi connectivity index (χ2v) is 6.26. The largest absolute Gasteiger partial charge is 0.491 e. The van der Waals surface area contributed by atoms with Gasteiger partial charge < -0.3 is 19.5 Å². The van der Waals surface area contributed by atoms with E-state index < -0.39 is 6.17 Å². The Morgan fingerprint density at radius 1 is 1.48 bits per heavy atom. The van der Waals surface area contributed by atoms with Gasteiger partial charge in [-0.3, -0.25) is 0 Å². The monoisotopic (exact) mass is 346 g/mol. The van der Waals surface area contributed by atoms with Gasteiger partial charge in [0, 0.05) is 24.1 Å². The molecule has 1 saturated heterocycles. The third-order valence-electron chi connectivity index (χ3n) is 4.54. The molecular weight excluding hydrogens is 327 g/mol. The van der Waals surface area contributed by atoms with Crippen molar-refractivity contribution >= 4 is 6.03 Å². The topological polar surface area (TPSA) is 80.5 Å². The summed E-state index contributed by atoms with van der Waals surface area (Å²) in [6.07, 6.45) is 0.154. The fourth-order valence-corrected chi connectivity index (χ4v) is 3.13. The molecule has 0 spiro atoms. The summed E-state index contributed by atoms with van der Waals surface area (Å²) in [7, 11) is 0. The molecule has 0 bridgehead atoms. The lowest BCUT2D eigenvalue weighted by atomic mass is 10.1. The van der Waals surface area contributed by atoms with Gasteiger partial charge in [-0.15, -0.1) is 0 Å². The molecule has 7 nitrogen and oxygen atoms in total. The zero-order valence-electron chi connectivity index (χ0n) is 13.9. The predicted molar refractivity (Wildman–Crippen MR) is 87.0 cm³/mol. The minimum Gasteiger partial charge on any atom is -0.491 e. The molecule has 2 aliphatic rings. The highest BCUT2D eigenvalue weighted by Crippen LogP contribution is 2.35. The van der Waals surface area contributed by atoms with Crippen LogP contribution >= 0.6 is 0 Å². The maximum absolute atomic E-state index is 13.3. The Hall–Kier alpha value is -2.64. The van der Waals surface area contributed by atoms with E-state index in [1.165, 1.54) is 4.90 Å². The standard InChI is InChI=1S/C17H19FN4O3/c1-2-15-20-16(21-25-15)10-3-4-12-13(9-24-14(12)7-10)19-17(23)22-6-5-11(18)8-22/h3-4,7,11,13H,2,5-6,8-9H2,1H3,(H,19,23)/t11-,13+/m0/s1. The molecule has 8 heteroatoms. The number of aryl methyl sites for hydroxylation is 1. The lowest BCUT2D eigenvalue weighted by molar-refractivity contribution is 0.196. The third-order valence-corrected chi connectivity index (χ3v) is 4.54. The lowest BCUT2D eigenvalue weighted by Crippen LogP contribution is -2.41. The normalized spacial score (nSPS) is 21.9. The first kappa shape index (κ1) is 15.9. The Bertz CT molecular complexity index is 794. The van der Waals surface area contributed by atoms with Gasteiger partial charge in [0.2, 0.25) is 11.7 Å². The van der Waals surface area contributed by atoms with Crippen molar-refractivity contribution in [2.24, 2.45) is 0 Å². The highest BCUT2D eigenvalue weighted by molar-refractivity contribution is 5.75. The van der Waals surface area contributed by atoms with Crippen LogP contribution in [0.1, 0.15) is 30.8 Å². The maximum atomic E-state index is 13.3. The minimum absolute atomic E-state index is 0.156. The molecule has 2 atom stereocenters. The molecule has 25 heavy (non-hydrogen) atoms. The zero-order chi connectivity index (χ0) is 17.4. The average Bonchev–Trinajstić information content (AvgIpc) is 3.34. The van der Waals surface area contributed by atoms with Crippen molar-refractivity contribution in [2.45, 2.75) is 32.0 Å². The van der Waals surface area contributed by atoms with Crippen molar-refractivity contribution in [3.05, 3.63) is 29.7 Å². The van der Waals surface area contributed by atoms with Gasteiger partial charge in [0.05, 0.1) is 12.6 Å². The first-order valence-electron chi connectivity index (χ1n) is 8.43. The molecule has 2 aliphatic heterocycles. The minimum atomic E-state index is -0.927. The molecule has 4 rings (SSSR count). The maximum Gasteiger partial charge on any atom is 0.318 e. The molecular formula is C17H19FN4O3. The van der Waals surface area contributed by atoms with E-state index in [9.17, 15) is 9.18 Å². The van der Waals surface area contributed by atoms with Gasteiger partial charge in [0.1, 0.15) is 18.5 Å². The van der Waals surface area contributed by atoms with Gasteiger partial charge in [0.15, 0.2) is 0 Å². The van der Waals surface area contributed by atoms with E-state index >= 15 is 0 Å². The molecule has 2 amide bonds. The molecule has 0 aliphatic carbocycles. The number of fused-ring (bicyclic) bond motifs is 1. The molecule has 0 unspecified atom stereocenters. The molecule has 132 valence electrons. The summed E-state index contributed by atoms with van der Waals surface area (Å²) in [5.41, 5.74) is 1.70. The number of aromatic nitrogens is 2. The van der Waals surface area contributed by atoms with Crippen LogP contribution in [0.3, 0.4) is 0 Å².